The lowest BCUT2D eigenvalue weighted by Crippen LogP contribution is -2.50. The first-order valence-electron chi connectivity index (χ1n) is 9.66. The summed E-state index contributed by atoms with van der Waals surface area (Å²) in [7, 11) is 1.50. The van der Waals surface area contributed by atoms with Gasteiger partial charge in [0, 0.05) is 18.0 Å². The van der Waals surface area contributed by atoms with Crippen molar-refractivity contribution in [1.82, 2.24) is 10.6 Å². The van der Waals surface area contributed by atoms with Gasteiger partial charge in [-0.25, -0.2) is 9.38 Å². The van der Waals surface area contributed by atoms with Gasteiger partial charge in [-0.05, 0) is 50.6 Å². The molecular weight excluding hydrogens is 385 g/mol. The summed E-state index contributed by atoms with van der Waals surface area (Å²) in [4.78, 5) is 17.2. The van der Waals surface area contributed by atoms with Gasteiger partial charge in [-0.1, -0.05) is 24.3 Å². The van der Waals surface area contributed by atoms with Crippen molar-refractivity contribution in [1.29, 1.82) is 0 Å². The van der Waals surface area contributed by atoms with Gasteiger partial charge in [0.2, 0.25) is 0 Å². The number of guanidine groups is 1. The van der Waals surface area contributed by atoms with Crippen molar-refractivity contribution >= 4 is 11.9 Å². The summed E-state index contributed by atoms with van der Waals surface area (Å²) in [5, 5.41) is 5.92. The topological polar surface area (TPSA) is 115 Å². The molecule has 30 heavy (non-hydrogen) atoms. The lowest BCUT2D eigenvalue weighted by Gasteiger charge is -2.25. The van der Waals surface area contributed by atoms with Gasteiger partial charge >= 0.3 is 0 Å². The highest BCUT2D eigenvalue weighted by molar-refractivity contribution is 6.07. The largest absolute Gasteiger partial charge is 0.496 e. The van der Waals surface area contributed by atoms with Crippen LogP contribution in [0.25, 0.3) is 0 Å². The fourth-order valence-electron chi connectivity index (χ4n) is 2.78. The average Bonchev–Trinajstić information content (AvgIpc) is 2.66. The minimum absolute atomic E-state index is 0.234. The molecule has 0 radical (unpaired) electrons. The molecule has 0 heterocycles. The molecule has 8 heteroatoms. The molecule has 0 aromatic heterocycles. The molecule has 0 fully saturated rings. The van der Waals surface area contributed by atoms with Crippen molar-refractivity contribution in [3.8, 4) is 5.75 Å². The van der Waals surface area contributed by atoms with Gasteiger partial charge in [0.25, 0.3) is 5.91 Å². The van der Waals surface area contributed by atoms with E-state index in [0.29, 0.717) is 17.7 Å². The van der Waals surface area contributed by atoms with Crippen LogP contribution in [-0.4, -0.2) is 30.7 Å². The first-order chi connectivity index (χ1) is 14.1. The number of methoxy groups -OCH3 is 1. The van der Waals surface area contributed by atoms with E-state index in [1.165, 1.54) is 19.2 Å². The van der Waals surface area contributed by atoms with Crippen LogP contribution in [0.4, 0.5) is 4.39 Å². The van der Waals surface area contributed by atoms with E-state index in [2.05, 4.69) is 15.6 Å². The van der Waals surface area contributed by atoms with E-state index in [9.17, 15) is 9.18 Å². The zero-order chi connectivity index (χ0) is 22.3. The number of nitrogens with one attached hydrogen (secondary N) is 2. The van der Waals surface area contributed by atoms with E-state index in [1.807, 2.05) is 20.8 Å². The summed E-state index contributed by atoms with van der Waals surface area (Å²) in [6.07, 6.45) is -0.376. The van der Waals surface area contributed by atoms with E-state index in [0.717, 1.165) is 5.56 Å². The van der Waals surface area contributed by atoms with Gasteiger partial charge in [0.15, 0.2) is 5.96 Å². The third kappa shape index (κ3) is 7.13. The number of amides is 1. The van der Waals surface area contributed by atoms with Crippen molar-refractivity contribution < 1.29 is 13.9 Å². The van der Waals surface area contributed by atoms with Crippen LogP contribution in [0.1, 0.15) is 49.2 Å². The molecule has 2 unspecified atom stereocenters. The molecule has 0 aliphatic carbocycles. The molecule has 0 saturated heterocycles. The van der Waals surface area contributed by atoms with Crippen LogP contribution < -0.4 is 26.8 Å². The number of carbonyl (C=O) groups excluding carboxylic acids is 1. The first kappa shape index (κ1) is 23.3. The van der Waals surface area contributed by atoms with E-state index >= 15 is 0 Å². The Morgan fingerprint density at radius 3 is 2.37 bits per heavy atom. The Morgan fingerprint density at radius 2 is 1.77 bits per heavy atom. The molecule has 0 aliphatic rings. The van der Waals surface area contributed by atoms with Crippen LogP contribution in [0.3, 0.4) is 0 Å². The van der Waals surface area contributed by atoms with E-state index in [1.54, 1.807) is 36.4 Å². The van der Waals surface area contributed by atoms with Gasteiger partial charge in [-0.3, -0.25) is 10.1 Å². The van der Waals surface area contributed by atoms with Crippen molar-refractivity contribution in [3.63, 3.8) is 0 Å². The first-order valence-corrected chi connectivity index (χ1v) is 9.66. The third-order valence-electron chi connectivity index (χ3n) is 4.17. The van der Waals surface area contributed by atoms with Crippen LogP contribution in [0, 0.1) is 5.82 Å². The maximum Gasteiger partial charge on any atom is 0.261 e. The van der Waals surface area contributed by atoms with Crippen LogP contribution in [0.2, 0.25) is 0 Å². The third-order valence-corrected chi connectivity index (χ3v) is 4.17. The van der Waals surface area contributed by atoms with Crippen molar-refractivity contribution in [3.05, 3.63) is 65.5 Å². The molecule has 2 aromatic rings. The molecule has 2 rings (SSSR count). The number of ether oxygens (including phenoxy) is 1. The summed E-state index contributed by atoms with van der Waals surface area (Å²) in [5.41, 5.74) is 13.1. The van der Waals surface area contributed by atoms with Gasteiger partial charge in [-0.2, -0.15) is 0 Å². The Balaban J connectivity index is 2.17. The molecule has 2 aromatic carbocycles. The Hall–Kier alpha value is -2.97. The molecule has 0 saturated carbocycles. The number of halogens is 1. The van der Waals surface area contributed by atoms with Crippen LogP contribution in [0.5, 0.6) is 5.75 Å². The molecule has 0 aliphatic heterocycles. The Bertz CT molecular complexity index is 878. The van der Waals surface area contributed by atoms with Crippen molar-refractivity contribution in [2.45, 2.75) is 44.9 Å². The Labute approximate surface area is 176 Å². The predicted molar refractivity (Wildman–Crippen MR) is 117 cm³/mol. The smallest absolute Gasteiger partial charge is 0.261 e. The number of carbonyl (C=O) groups is 1. The maximum absolute atomic E-state index is 13.1. The molecule has 0 spiro atoms. The molecule has 0 bridgehead atoms. The number of nitrogens with zero attached hydrogens (tertiary/aromatic N) is 1. The SMILES string of the molecule is COc1ccccc1C(=O)NC(=NC(N)CC(N)c1ccc(F)cc1)NC(C)(C)C. The zero-order valence-electron chi connectivity index (χ0n) is 17.8. The van der Waals surface area contributed by atoms with E-state index < -0.39 is 12.2 Å². The Morgan fingerprint density at radius 1 is 1.13 bits per heavy atom. The standard InChI is InChI=1S/C22H30FN5O2/c1-22(2,3)28-21(27-20(29)16-7-5-6-8-18(16)30-4)26-19(25)13-17(24)14-9-11-15(23)12-10-14/h5-12,17,19H,13,24-25H2,1-4H3,(H2,26,27,28,29). The highest BCUT2D eigenvalue weighted by atomic mass is 19.1. The Kier molecular flexibility index (Phi) is 7.91. The number of hydrogen-bond donors (Lipinski definition) is 4. The van der Waals surface area contributed by atoms with E-state index in [-0.39, 0.29) is 23.2 Å². The molecule has 1 amide bonds. The second-order valence-corrected chi connectivity index (χ2v) is 7.97. The van der Waals surface area contributed by atoms with Crippen molar-refractivity contribution in [2.24, 2.45) is 16.5 Å². The molecule has 6 N–H and O–H groups in total. The fourth-order valence-corrected chi connectivity index (χ4v) is 2.78. The number of para-hydroxylation sites is 1. The summed E-state index contributed by atoms with van der Waals surface area (Å²) in [6.45, 7) is 5.81. The normalized spacial score (nSPS) is 14.0. The number of nitrogens with two attached hydrogens (primary N) is 2. The van der Waals surface area contributed by atoms with Gasteiger partial charge in [0.05, 0.1) is 12.7 Å². The summed E-state index contributed by atoms with van der Waals surface area (Å²) in [5.74, 6) is -0.0214. The van der Waals surface area contributed by atoms with Gasteiger partial charge in [0.1, 0.15) is 17.7 Å². The molecule has 2 atom stereocenters. The lowest BCUT2D eigenvalue weighted by molar-refractivity contribution is 0.0972. The minimum atomic E-state index is -0.687. The highest BCUT2D eigenvalue weighted by Crippen LogP contribution is 2.18. The average molecular weight is 416 g/mol. The zero-order valence-corrected chi connectivity index (χ0v) is 17.8. The lowest BCUT2D eigenvalue weighted by atomic mass is 10.0. The summed E-state index contributed by atoms with van der Waals surface area (Å²) in [6, 6.07) is 12.4. The fraction of sp³-hybridized carbons (Fsp3) is 0.364. The molecule has 162 valence electrons. The second-order valence-electron chi connectivity index (χ2n) is 7.97. The summed E-state index contributed by atoms with van der Waals surface area (Å²) >= 11 is 0. The van der Waals surface area contributed by atoms with E-state index in [4.69, 9.17) is 16.2 Å². The monoisotopic (exact) mass is 415 g/mol. The van der Waals surface area contributed by atoms with Crippen LogP contribution in [0.15, 0.2) is 53.5 Å². The van der Waals surface area contributed by atoms with Crippen LogP contribution >= 0.6 is 0 Å². The van der Waals surface area contributed by atoms with Crippen LogP contribution in [-0.2, 0) is 0 Å². The van der Waals surface area contributed by atoms with Gasteiger partial charge < -0.3 is 21.5 Å². The number of hydrogen-bond acceptors (Lipinski definition) is 5. The quantitative estimate of drug-likeness (QED) is 0.428. The number of rotatable bonds is 6. The summed E-state index contributed by atoms with van der Waals surface area (Å²) < 4.78 is 18.4. The number of aliphatic imine (C=N–C) groups is 1. The minimum Gasteiger partial charge on any atom is -0.496 e. The van der Waals surface area contributed by atoms with Gasteiger partial charge in [-0.15, -0.1) is 0 Å². The highest BCUT2D eigenvalue weighted by Gasteiger charge is 2.19. The number of benzene rings is 2. The second kappa shape index (κ2) is 10.2. The van der Waals surface area contributed by atoms with Crippen molar-refractivity contribution in [2.75, 3.05) is 7.11 Å². The molecule has 7 nitrogen and oxygen atoms in total. The molecular formula is C22H30FN5O2. The predicted octanol–water partition coefficient (Wildman–Crippen LogP) is 2.68. The maximum atomic E-state index is 13.1.